The van der Waals surface area contributed by atoms with Crippen molar-refractivity contribution < 1.29 is 8.78 Å². The molecule has 0 saturated heterocycles. The molecular formula is C10H12F2. The van der Waals surface area contributed by atoms with Crippen LogP contribution in [-0.4, -0.2) is 0 Å². The molecule has 0 bridgehead atoms. The van der Waals surface area contributed by atoms with Crippen LogP contribution in [0.25, 0.3) is 0 Å². The topological polar surface area (TPSA) is 0 Å². The lowest BCUT2D eigenvalue weighted by Crippen LogP contribution is -1.86. The van der Waals surface area contributed by atoms with E-state index in [9.17, 15) is 8.78 Å². The van der Waals surface area contributed by atoms with Crippen LogP contribution in [0.15, 0.2) is 37.4 Å². The van der Waals surface area contributed by atoms with Gasteiger partial charge in [0.2, 0.25) is 0 Å². The maximum Gasteiger partial charge on any atom is 0.264 e. The van der Waals surface area contributed by atoms with Gasteiger partial charge in [-0.05, 0) is 12.5 Å². The van der Waals surface area contributed by atoms with Gasteiger partial charge in [-0.15, -0.1) is 13.2 Å². The summed E-state index contributed by atoms with van der Waals surface area (Å²) in [5, 5.41) is 0. The van der Waals surface area contributed by atoms with E-state index in [1.165, 1.54) is 6.07 Å². The molecule has 12 heavy (non-hydrogen) atoms. The van der Waals surface area contributed by atoms with Gasteiger partial charge in [0.15, 0.2) is 0 Å². The van der Waals surface area contributed by atoms with Crippen molar-refractivity contribution in [1.82, 2.24) is 0 Å². The molecule has 66 valence electrons. The van der Waals surface area contributed by atoms with Gasteiger partial charge in [-0.25, -0.2) is 8.78 Å². The van der Waals surface area contributed by atoms with Crippen LogP contribution >= 0.6 is 0 Å². The largest absolute Gasteiger partial charge is 0.264 e. The lowest BCUT2D eigenvalue weighted by molar-refractivity contribution is 0.150. The predicted molar refractivity (Wildman–Crippen MR) is 47.4 cm³/mol. The van der Waals surface area contributed by atoms with Crippen LogP contribution < -0.4 is 0 Å². The Labute approximate surface area is 71.5 Å². The molecule has 0 amide bonds. The van der Waals surface area contributed by atoms with E-state index < -0.39 is 6.43 Å². The Morgan fingerprint density at radius 2 is 1.67 bits per heavy atom. The molecular weight excluding hydrogens is 158 g/mol. The molecule has 0 aliphatic heterocycles. The molecule has 0 unspecified atom stereocenters. The zero-order valence-corrected chi connectivity index (χ0v) is 7.06. The quantitative estimate of drug-likeness (QED) is 0.563. The average molecular weight is 170 g/mol. The fraction of sp³-hybridized carbons (Fsp3) is 0.200. The molecule has 0 aliphatic carbocycles. The smallest absolute Gasteiger partial charge is 0.205 e. The first kappa shape index (κ1) is 10.8. The maximum absolute atomic E-state index is 12.0. The molecule has 0 spiro atoms. The zero-order chi connectivity index (χ0) is 9.56. The summed E-state index contributed by atoms with van der Waals surface area (Å²) in [4.78, 5) is 0. The van der Waals surface area contributed by atoms with Crippen molar-refractivity contribution >= 4 is 0 Å². The van der Waals surface area contributed by atoms with Gasteiger partial charge < -0.3 is 0 Å². The number of rotatable bonds is 1. The molecule has 0 fully saturated rings. The Hall–Kier alpha value is -1.18. The van der Waals surface area contributed by atoms with Crippen molar-refractivity contribution in [1.29, 1.82) is 0 Å². The highest BCUT2D eigenvalue weighted by atomic mass is 19.3. The van der Waals surface area contributed by atoms with Gasteiger partial charge in [0.1, 0.15) is 0 Å². The summed E-state index contributed by atoms with van der Waals surface area (Å²) >= 11 is 0. The van der Waals surface area contributed by atoms with Crippen molar-refractivity contribution in [2.45, 2.75) is 13.3 Å². The maximum atomic E-state index is 12.0. The fourth-order valence-electron chi connectivity index (χ4n) is 0.832. The molecule has 1 aromatic carbocycles. The normalized spacial score (nSPS) is 9.00. The Morgan fingerprint density at radius 1 is 1.17 bits per heavy atom. The molecule has 0 aromatic heterocycles. The van der Waals surface area contributed by atoms with Crippen LogP contribution in [0.3, 0.4) is 0 Å². The first-order valence-electron chi connectivity index (χ1n) is 3.55. The second-order valence-electron chi connectivity index (χ2n) is 2.16. The van der Waals surface area contributed by atoms with Gasteiger partial charge in [0.05, 0.1) is 0 Å². The third-order valence-corrected chi connectivity index (χ3v) is 1.42. The summed E-state index contributed by atoms with van der Waals surface area (Å²) in [6.45, 7) is 7.68. The number of aryl methyl sites for hydroxylation is 1. The van der Waals surface area contributed by atoms with Gasteiger partial charge in [0.25, 0.3) is 6.43 Å². The van der Waals surface area contributed by atoms with E-state index in [0.717, 1.165) is 0 Å². The van der Waals surface area contributed by atoms with Crippen molar-refractivity contribution in [2.24, 2.45) is 0 Å². The van der Waals surface area contributed by atoms with Crippen molar-refractivity contribution in [2.75, 3.05) is 0 Å². The Balaban J connectivity index is 0.000000561. The summed E-state index contributed by atoms with van der Waals surface area (Å²) in [5.41, 5.74) is 0.778. The molecule has 0 saturated carbocycles. The SMILES string of the molecule is C=C.Cc1ccccc1C(F)F. The number of benzene rings is 1. The second kappa shape index (κ2) is 5.47. The van der Waals surface area contributed by atoms with Gasteiger partial charge in [-0.2, -0.15) is 0 Å². The molecule has 0 N–H and O–H groups in total. The number of halogens is 2. The molecule has 0 aliphatic rings. The predicted octanol–water partition coefficient (Wildman–Crippen LogP) is 3.73. The van der Waals surface area contributed by atoms with E-state index >= 15 is 0 Å². The summed E-state index contributed by atoms with van der Waals surface area (Å²) in [5.74, 6) is 0. The van der Waals surface area contributed by atoms with E-state index in [-0.39, 0.29) is 5.56 Å². The van der Waals surface area contributed by atoms with Gasteiger partial charge >= 0.3 is 0 Å². The van der Waals surface area contributed by atoms with Crippen LogP contribution in [0.4, 0.5) is 8.78 Å². The lowest BCUT2D eigenvalue weighted by Gasteiger charge is -2.01. The van der Waals surface area contributed by atoms with Crippen LogP contribution in [0.1, 0.15) is 17.6 Å². The molecule has 0 radical (unpaired) electrons. The van der Waals surface area contributed by atoms with E-state index in [0.29, 0.717) is 5.56 Å². The summed E-state index contributed by atoms with van der Waals surface area (Å²) in [7, 11) is 0. The molecule has 1 aromatic rings. The number of alkyl halides is 2. The monoisotopic (exact) mass is 170 g/mol. The molecule has 0 atom stereocenters. The van der Waals surface area contributed by atoms with Gasteiger partial charge in [-0.3, -0.25) is 0 Å². The van der Waals surface area contributed by atoms with E-state index in [1.807, 2.05) is 0 Å². The summed E-state index contributed by atoms with van der Waals surface area (Å²) < 4.78 is 24.1. The Morgan fingerprint density at radius 3 is 2.00 bits per heavy atom. The lowest BCUT2D eigenvalue weighted by atomic mass is 10.1. The highest BCUT2D eigenvalue weighted by Crippen LogP contribution is 2.21. The minimum absolute atomic E-state index is 0.127. The Bertz CT molecular complexity index is 231. The molecule has 1 rings (SSSR count). The zero-order valence-electron chi connectivity index (χ0n) is 7.06. The first-order valence-corrected chi connectivity index (χ1v) is 3.55. The third kappa shape index (κ3) is 2.82. The van der Waals surface area contributed by atoms with Gasteiger partial charge in [-0.1, -0.05) is 24.3 Å². The van der Waals surface area contributed by atoms with Crippen LogP contribution in [0.5, 0.6) is 0 Å². The minimum atomic E-state index is -2.35. The first-order chi connectivity index (χ1) is 5.72. The van der Waals surface area contributed by atoms with E-state index in [1.54, 1.807) is 25.1 Å². The fourth-order valence-corrected chi connectivity index (χ4v) is 0.832. The van der Waals surface area contributed by atoms with E-state index in [4.69, 9.17) is 0 Å². The highest BCUT2D eigenvalue weighted by molar-refractivity contribution is 5.26. The number of hydrogen-bond donors (Lipinski definition) is 0. The Kier molecular flexibility index (Phi) is 4.93. The van der Waals surface area contributed by atoms with E-state index in [2.05, 4.69) is 13.2 Å². The van der Waals surface area contributed by atoms with Crippen molar-refractivity contribution in [3.8, 4) is 0 Å². The molecule has 0 nitrogen and oxygen atoms in total. The van der Waals surface area contributed by atoms with Crippen molar-refractivity contribution in [3.63, 3.8) is 0 Å². The summed E-state index contributed by atoms with van der Waals surface area (Å²) in [6, 6.07) is 6.50. The summed E-state index contributed by atoms with van der Waals surface area (Å²) in [6.07, 6.45) is -2.35. The second-order valence-corrected chi connectivity index (χ2v) is 2.16. The number of hydrogen-bond acceptors (Lipinski definition) is 0. The van der Waals surface area contributed by atoms with Crippen molar-refractivity contribution in [3.05, 3.63) is 48.6 Å². The third-order valence-electron chi connectivity index (χ3n) is 1.42. The highest BCUT2D eigenvalue weighted by Gasteiger charge is 2.07. The molecule has 2 heteroatoms. The average Bonchev–Trinajstić information content (AvgIpc) is 2.08. The minimum Gasteiger partial charge on any atom is -0.205 e. The van der Waals surface area contributed by atoms with Crippen LogP contribution in [0, 0.1) is 6.92 Å². The standard InChI is InChI=1S/C8H8F2.C2H4/c1-6-4-2-3-5-7(6)8(9)10;1-2/h2-5,8H,1H3;1-2H2. The van der Waals surface area contributed by atoms with Crippen LogP contribution in [0.2, 0.25) is 0 Å². The van der Waals surface area contributed by atoms with Crippen LogP contribution in [-0.2, 0) is 0 Å². The van der Waals surface area contributed by atoms with Gasteiger partial charge in [0, 0.05) is 5.56 Å². The molecule has 0 heterocycles.